The maximum atomic E-state index is 10.6. The maximum Gasteiger partial charge on any atom is 0.235 e. The van der Waals surface area contributed by atoms with E-state index in [0.717, 1.165) is 19.6 Å². The third-order valence-electron chi connectivity index (χ3n) is 4.60. The Morgan fingerprint density at radius 2 is 2.00 bits per heavy atom. The van der Waals surface area contributed by atoms with E-state index in [1.54, 1.807) is 6.08 Å². The molecule has 2 fully saturated rings. The first-order chi connectivity index (χ1) is 8.67. The summed E-state index contributed by atoms with van der Waals surface area (Å²) >= 11 is 0. The van der Waals surface area contributed by atoms with Crippen molar-refractivity contribution in [1.82, 2.24) is 4.90 Å². The number of nitrogens with zero attached hydrogens (tertiary/aromatic N) is 2. The van der Waals surface area contributed by atoms with Gasteiger partial charge in [0.05, 0.1) is 5.54 Å². The summed E-state index contributed by atoms with van der Waals surface area (Å²) in [5.41, 5.74) is 1.36. The zero-order chi connectivity index (χ0) is 12.6. The quantitative estimate of drug-likeness (QED) is 0.602. The van der Waals surface area contributed by atoms with E-state index in [9.17, 15) is 4.79 Å². The number of benzene rings is 1. The summed E-state index contributed by atoms with van der Waals surface area (Å²) in [5, 5.41) is 0. The van der Waals surface area contributed by atoms with E-state index in [1.807, 2.05) is 6.07 Å². The lowest BCUT2D eigenvalue weighted by atomic mass is 9.87. The molecule has 0 N–H and O–H groups in total. The van der Waals surface area contributed by atoms with Crippen LogP contribution in [0.3, 0.4) is 0 Å². The topological polar surface area (TPSA) is 32.7 Å². The second-order valence-electron chi connectivity index (χ2n) is 5.89. The van der Waals surface area contributed by atoms with Gasteiger partial charge in [-0.1, -0.05) is 30.3 Å². The van der Waals surface area contributed by atoms with Crippen molar-refractivity contribution in [2.45, 2.75) is 31.8 Å². The van der Waals surface area contributed by atoms with Crippen molar-refractivity contribution in [3.05, 3.63) is 35.9 Å². The Morgan fingerprint density at radius 3 is 2.61 bits per heavy atom. The van der Waals surface area contributed by atoms with Crippen LogP contribution in [0.1, 0.15) is 25.3 Å². The molecule has 3 heteroatoms. The molecule has 94 valence electrons. The van der Waals surface area contributed by atoms with Gasteiger partial charge in [-0.3, -0.25) is 4.90 Å². The number of isocyanates is 1. The van der Waals surface area contributed by atoms with Gasteiger partial charge in [0.1, 0.15) is 0 Å². The molecule has 3 rings (SSSR count). The predicted octanol–water partition coefficient (Wildman–Crippen LogP) is 2.38. The van der Waals surface area contributed by atoms with Crippen molar-refractivity contribution in [2.75, 3.05) is 13.1 Å². The monoisotopic (exact) mass is 242 g/mol. The van der Waals surface area contributed by atoms with E-state index in [0.29, 0.717) is 0 Å². The van der Waals surface area contributed by atoms with Crippen LogP contribution in [0.2, 0.25) is 0 Å². The molecule has 3 nitrogen and oxygen atoms in total. The van der Waals surface area contributed by atoms with Gasteiger partial charge in [-0.2, -0.15) is 4.99 Å². The van der Waals surface area contributed by atoms with E-state index >= 15 is 0 Å². The molecule has 0 bridgehead atoms. The molecule has 0 aromatic heterocycles. The van der Waals surface area contributed by atoms with Crippen LogP contribution in [0.5, 0.6) is 0 Å². The molecule has 1 aromatic carbocycles. The third-order valence-corrected chi connectivity index (χ3v) is 4.60. The number of hydrogen-bond donors (Lipinski definition) is 0. The average molecular weight is 242 g/mol. The summed E-state index contributed by atoms with van der Waals surface area (Å²) in [6, 6.07) is 10.5. The van der Waals surface area contributed by atoms with Crippen LogP contribution in [0.15, 0.2) is 35.3 Å². The first-order valence-electron chi connectivity index (χ1n) is 6.53. The van der Waals surface area contributed by atoms with Crippen molar-refractivity contribution >= 4 is 6.08 Å². The van der Waals surface area contributed by atoms with Crippen LogP contribution >= 0.6 is 0 Å². The van der Waals surface area contributed by atoms with Crippen molar-refractivity contribution in [1.29, 1.82) is 0 Å². The van der Waals surface area contributed by atoms with Crippen molar-refractivity contribution in [2.24, 2.45) is 10.4 Å². The molecule has 1 atom stereocenters. The van der Waals surface area contributed by atoms with Crippen molar-refractivity contribution < 1.29 is 4.79 Å². The normalized spacial score (nSPS) is 29.2. The van der Waals surface area contributed by atoms with Gasteiger partial charge in [0, 0.05) is 25.0 Å². The Labute approximate surface area is 108 Å². The zero-order valence-corrected chi connectivity index (χ0v) is 10.7. The van der Waals surface area contributed by atoms with E-state index in [2.05, 4.69) is 41.1 Å². The van der Waals surface area contributed by atoms with Gasteiger partial charge in [-0.15, -0.1) is 0 Å². The second-order valence-corrected chi connectivity index (χ2v) is 5.89. The van der Waals surface area contributed by atoms with E-state index in [1.165, 1.54) is 18.4 Å². The molecule has 1 spiro atoms. The van der Waals surface area contributed by atoms with Gasteiger partial charge in [-0.25, -0.2) is 4.79 Å². The molecule has 0 radical (unpaired) electrons. The molecular weight excluding hydrogens is 224 g/mol. The van der Waals surface area contributed by atoms with Crippen LogP contribution in [0.25, 0.3) is 0 Å². The SMILES string of the molecule is CC1(N=C=O)CN(Cc2ccccc2)CC12CC2. The molecule has 18 heavy (non-hydrogen) atoms. The number of aliphatic imine (C=N–C) groups is 1. The lowest BCUT2D eigenvalue weighted by Crippen LogP contribution is -2.33. The lowest BCUT2D eigenvalue weighted by molar-refractivity contribution is 0.309. The second kappa shape index (κ2) is 4.04. The van der Waals surface area contributed by atoms with Crippen LogP contribution < -0.4 is 0 Å². The summed E-state index contributed by atoms with van der Waals surface area (Å²) < 4.78 is 0. The molecule has 1 aliphatic heterocycles. The smallest absolute Gasteiger partial charge is 0.235 e. The highest BCUT2D eigenvalue weighted by atomic mass is 16.1. The summed E-state index contributed by atoms with van der Waals surface area (Å²) in [6.45, 7) is 4.99. The van der Waals surface area contributed by atoms with Gasteiger partial charge in [-0.05, 0) is 25.3 Å². The molecule has 1 saturated carbocycles. The third kappa shape index (κ3) is 1.80. The van der Waals surface area contributed by atoms with Gasteiger partial charge in [0.25, 0.3) is 0 Å². The largest absolute Gasteiger partial charge is 0.296 e. The Bertz CT molecular complexity index is 488. The minimum absolute atomic E-state index is 0.219. The average Bonchev–Trinajstić information content (AvgIpc) is 3.06. The molecule has 2 aliphatic rings. The van der Waals surface area contributed by atoms with Gasteiger partial charge in [0.15, 0.2) is 0 Å². The standard InChI is InChI=1S/C15H18N2O/c1-14(16-12-18)10-17(11-15(14)7-8-15)9-13-5-3-2-4-6-13/h2-6H,7-11H2,1H3. The first-order valence-corrected chi connectivity index (χ1v) is 6.53. The fourth-order valence-corrected chi connectivity index (χ4v) is 3.31. The highest BCUT2D eigenvalue weighted by Gasteiger charge is 2.62. The van der Waals surface area contributed by atoms with Gasteiger partial charge in [0.2, 0.25) is 6.08 Å². The number of rotatable bonds is 3. The van der Waals surface area contributed by atoms with Crippen LogP contribution in [-0.4, -0.2) is 29.6 Å². The fraction of sp³-hybridized carbons (Fsp3) is 0.533. The Morgan fingerprint density at radius 1 is 1.28 bits per heavy atom. The molecule has 1 aliphatic carbocycles. The van der Waals surface area contributed by atoms with Crippen LogP contribution in [-0.2, 0) is 11.3 Å². The van der Waals surface area contributed by atoms with Crippen molar-refractivity contribution in [3.63, 3.8) is 0 Å². The molecule has 1 unspecified atom stereocenters. The van der Waals surface area contributed by atoms with E-state index in [-0.39, 0.29) is 11.0 Å². The molecule has 1 heterocycles. The van der Waals surface area contributed by atoms with Crippen LogP contribution in [0.4, 0.5) is 0 Å². The predicted molar refractivity (Wildman–Crippen MR) is 69.9 cm³/mol. The molecule has 0 amide bonds. The zero-order valence-electron chi connectivity index (χ0n) is 10.7. The number of hydrogen-bond acceptors (Lipinski definition) is 3. The Kier molecular flexibility index (Phi) is 2.61. The minimum atomic E-state index is -0.219. The summed E-state index contributed by atoms with van der Waals surface area (Å²) in [6.07, 6.45) is 4.17. The van der Waals surface area contributed by atoms with Gasteiger partial charge >= 0.3 is 0 Å². The van der Waals surface area contributed by atoms with E-state index < -0.39 is 0 Å². The Balaban J connectivity index is 1.76. The van der Waals surface area contributed by atoms with Crippen LogP contribution in [0, 0.1) is 5.41 Å². The summed E-state index contributed by atoms with van der Waals surface area (Å²) in [4.78, 5) is 17.2. The molecular formula is C15H18N2O. The first kappa shape index (κ1) is 11.6. The Hall–Kier alpha value is -1.44. The molecule has 1 saturated heterocycles. The van der Waals surface area contributed by atoms with Crippen molar-refractivity contribution in [3.8, 4) is 0 Å². The lowest BCUT2D eigenvalue weighted by Gasteiger charge is -2.23. The maximum absolute atomic E-state index is 10.6. The number of carbonyl (C=O) groups excluding carboxylic acids is 1. The highest BCUT2D eigenvalue weighted by Crippen LogP contribution is 2.59. The highest BCUT2D eigenvalue weighted by molar-refractivity contribution is 5.37. The van der Waals surface area contributed by atoms with E-state index in [4.69, 9.17) is 0 Å². The summed E-state index contributed by atoms with van der Waals surface area (Å²) in [5.74, 6) is 0. The van der Waals surface area contributed by atoms with Gasteiger partial charge < -0.3 is 0 Å². The fourth-order valence-electron chi connectivity index (χ4n) is 3.31. The summed E-state index contributed by atoms with van der Waals surface area (Å²) in [7, 11) is 0. The minimum Gasteiger partial charge on any atom is -0.296 e. The molecule has 1 aromatic rings. The number of likely N-dealkylation sites (tertiary alicyclic amines) is 1.